The number of carbonyl (C=O) groups excluding carboxylic acids is 2. The number of likely N-dealkylation sites (tertiary alicyclic amines) is 1. The van der Waals surface area contributed by atoms with Crippen molar-refractivity contribution in [2.45, 2.75) is 69.9 Å². The summed E-state index contributed by atoms with van der Waals surface area (Å²) in [6, 6.07) is 16.2. The molecule has 1 aliphatic heterocycles. The fourth-order valence-electron chi connectivity index (χ4n) is 5.33. The smallest absolute Gasteiger partial charge is 0.408 e. The van der Waals surface area contributed by atoms with Crippen LogP contribution in [-0.2, 0) is 14.3 Å². The number of ether oxygens (including phenoxy) is 1. The Kier molecular flexibility index (Phi) is 7.43. The number of fused-ring (bicyclic) bond motifs is 3. The van der Waals surface area contributed by atoms with Crippen molar-refractivity contribution in [2.24, 2.45) is 0 Å². The summed E-state index contributed by atoms with van der Waals surface area (Å²) in [5, 5.41) is 11.9. The molecule has 0 aromatic heterocycles. The Hall–Kier alpha value is -3.35. The van der Waals surface area contributed by atoms with Crippen LogP contribution in [0.1, 0.15) is 69.4 Å². The zero-order chi connectivity index (χ0) is 25.0. The van der Waals surface area contributed by atoms with Crippen LogP contribution in [0.15, 0.2) is 48.5 Å². The molecule has 2 N–H and O–H groups in total. The molecule has 1 saturated heterocycles. The minimum Gasteiger partial charge on any atom is -0.481 e. The highest BCUT2D eigenvalue weighted by Gasteiger charge is 2.40. The lowest BCUT2D eigenvalue weighted by Gasteiger charge is -2.41. The van der Waals surface area contributed by atoms with Crippen molar-refractivity contribution in [2.75, 3.05) is 13.2 Å². The number of nitrogens with zero attached hydrogens (tertiary/aromatic N) is 1. The fourth-order valence-corrected chi connectivity index (χ4v) is 5.33. The second-order valence-corrected chi connectivity index (χ2v) is 9.72. The van der Waals surface area contributed by atoms with Gasteiger partial charge in [-0.1, -0.05) is 55.5 Å². The van der Waals surface area contributed by atoms with Crippen molar-refractivity contribution in [3.8, 4) is 11.1 Å². The van der Waals surface area contributed by atoms with Crippen LogP contribution in [0.4, 0.5) is 4.79 Å². The first-order valence-corrected chi connectivity index (χ1v) is 12.5. The Morgan fingerprint density at radius 1 is 1.06 bits per heavy atom. The number of hydrogen-bond donors (Lipinski definition) is 2. The van der Waals surface area contributed by atoms with E-state index in [4.69, 9.17) is 9.84 Å². The monoisotopic (exact) mass is 478 g/mol. The van der Waals surface area contributed by atoms with Gasteiger partial charge in [-0.15, -0.1) is 0 Å². The highest BCUT2D eigenvalue weighted by Crippen LogP contribution is 2.44. The second kappa shape index (κ2) is 10.5. The van der Waals surface area contributed by atoms with Crippen molar-refractivity contribution in [3.63, 3.8) is 0 Å². The molecule has 7 heteroatoms. The molecule has 4 rings (SSSR count). The summed E-state index contributed by atoms with van der Waals surface area (Å²) in [6.07, 6.45) is 2.85. The number of benzene rings is 2. The van der Waals surface area contributed by atoms with E-state index in [0.717, 1.165) is 41.5 Å². The zero-order valence-electron chi connectivity index (χ0n) is 20.5. The summed E-state index contributed by atoms with van der Waals surface area (Å²) in [6.45, 7) is 4.33. The summed E-state index contributed by atoms with van der Waals surface area (Å²) in [4.78, 5) is 39.3. The van der Waals surface area contributed by atoms with Gasteiger partial charge in [-0.2, -0.15) is 0 Å². The van der Waals surface area contributed by atoms with E-state index >= 15 is 0 Å². The van der Waals surface area contributed by atoms with Crippen LogP contribution < -0.4 is 5.32 Å². The summed E-state index contributed by atoms with van der Waals surface area (Å²) in [5.41, 5.74) is 3.45. The molecule has 2 aromatic carbocycles. The number of hydrogen-bond acceptors (Lipinski definition) is 4. The maximum atomic E-state index is 13.5. The quantitative estimate of drug-likeness (QED) is 0.560. The van der Waals surface area contributed by atoms with Gasteiger partial charge in [0.25, 0.3) is 0 Å². The van der Waals surface area contributed by atoms with Crippen LogP contribution in [0.25, 0.3) is 11.1 Å². The molecule has 0 bridgehead atoms. The van der Waals surface area contributed by atoms with E-state index in [-0.39, 0.29) is 30.9 Å². The highest BCUT2D eigenvalue weighted by atomic mass is 16.5. The molecule has 1 heterocycles. The zero-order valence-corrected chi connectivity index (χ0v) is 20.5. The molecule has 1 fully saturated rings. The number of piperidine rings is 1. The minimum atomic E-state index is -1.12. The topological polar surface area (TPSA) is 95.9 Å². The second-order valence-electron chi connectivity index (χ2n) is 9.72. The van der Waals surface area contributed by atoms with Gasteiger partial charge in [-0.3, -0.25) is 9.59 Å². The van der Waals surface area contributed by atoms with Gasteiger partial charge in [0.1, 0.15) is 12.1 Å². The highest BCUT2D eigenvalue weighted by molar-refractivity contribution is 5.90. The Balaban J connectivity index is 1.43. The Morgan fingerprint density at radius 3 is 2.29 bits per heavy atom. The maximum absolute atomic E-state index is 13.5. The van der Waals surface area contributed by atoms with E-state index in [9.17, 15) is 14.4 Å². The lowest BCUT2D eigenvalue weighted by Crippen LogP contribution is -2.60. The van der Waals surface area contributed by atoms with Crippen LogP contribution in [0.5, 0.6) is 0 Å². The summed E-state index contributed by atoms with van der Waals surface area (Å²) < 4.78 is 5.68. The van der Waals surface area contributed by atoms with Gasteiger partial charge in [-0.25, -0.2) is 4.79 Å². The first-order chi connectivity index (χ1) is 16.8. The van der Waals surface area contributed by atoms with Crippen molar-refractivity contribution in [1.29, 1.82) is 0 Å². The van der Waals surface area contributed by atoms with Crippen molar-refractivity contribution in [1.82, 2.24) is 10.2 Å². The lowest BCUT2D eigenvalue weighted by molar-refractivity contribution is -0.143. The Bertz CT molecular complexity index is 1050. The number of rotatable bonds is 8. The van der Waals surface area contributed by atoms with Crippen molar-refractivity contribution < 1.29 is 24.2 Å². The third kappa shape index (κ3) is 5.19. The van der Waals surface area contributed by atoms with Crippen LogP contribution in [0.3, 0.4) is 0 Å². The van der Waals surface area contributed by atoms with E-state index in [0.29, 0.717) is 19.4 Å². The van der Waals surface area contributed by atoms with Crippen LogP contribution in [0, 0.1) is 0 Å². The molecule has 0 spiro atoms. The predicted octanol–water partition coefficient (Wildman–Crippen LogP) is 4.94. The first-order valence-electron chi connectivity index (χ1n) is 12.5. The van der Waals surface area contributed by atoms with Gasteiger partial charge in [0.2, 0.25) is 5.91 Å². The molecule has 2 aliphatic rings. The molecule has 7 nitrogen and oxygen atoms in total. The standard InChI is InChI=1S/C28H34N2O5/c1-3-28(2,26(33)30-17-9-8-10-19(30)15-16-25(31)32)29-27(34)35-18-24-22-13-6-4-11-20(22)21-12-5-7-14-23(21)24/h4-7,11-14,19,24H,3,8-10,15-18H2,1-2H3,(H,29,34)(H,31,32). The SMILES string of the molecule is CCC(C)(NC(=O)OCC1c2ccccc2-c2ccccc21)C(=O)N1CCCCC1CCC(=O)O. The molecule has 2 atom stereocenters. The van der Waals surface area contributed by atoms with E-state index in [2.05, 4.69) is 29.6 Å². The summed E-state index contributed by atoms with van der Waals surface area (Å²) in [7, 11) is 0. The molecular formula is C28H34N2O5. The van der Waals surface area contributed by atoms with Gasteiger partial charge in [-0.05, 0) is 61.3 Å². The van der Waals surface area contributed by atoms with Crippen molar-refractivity contribution >= 4 is 18.0 Å². The molecule has 2 aromatic rings. The fraction of sp³-hybridized carbons (Fsp3) is 0.464. The number of carbonyl (C=O) groups is 3. The van der Waals surface area contributed by atoms with Crippen molar-refractivity contribution in [3.05, 3.63) is 59.7 Å². The van der Waals surface area contributed by atoms with E-state index in [1.165, 1.54) is 0 Å². The Labute approximate surface area is 206 Å². The lowest BCUT2D eigenvalue weighted by atomic mass is 9.91. The number of carboxylic acid groups (broad SMARTS) is 1. The first kappa shape index (κ1) is 24.8. The molecule has 35 heavy (non-hydrogen) atoms. The normalized spacial score (nSPS) is 18.8. The largest absolute Gasteiger partial charge is 0.481 e. The molecule has 2 amide bonds. The average Bonchev–Trinajstić information content (AvgIpc) is 3.19. The van der Waals surface area contributed by atoms with Gasteiger partial charge >= 0.3 is 12.1 Å². The minimum absolute atomic E-state index is 0.0249. The van der Waals surface area contributed by atoms with Crippen LogP contribution in [0.2, 0.25) is 0 Å². The third-order valence-corrected chi connectivity index (χ3v) is 7.48. The van der Waals surface area contributed by atoms with Gasteiger partial charge in [0, 0.05) is 24.9 Å². The van der Waals surface area contributed by atoms with Gasteiger partial charge in [0.15, 0.2) is 0 Å². The molecular weight excluding hydrogens is 444 g/mol. The van der Waals surface area contributed by atoms with Crippen LogP contribution >= 0.6 is 0 Å². The third-order valence-electron chi connectivity index (χ3n) is 7.48. The molecule has 0 saturated carbocycles. The van der Waals surface area contributed by atoms with Crippen LogP contribution in [-0.4, -0.2) is 52.7 Å². The molecule has 186 valence electrons. The predicted molar refractivity (Wildman–Crippen MR) is 133 cm³/mol. The number of carboxylic acids is 1. The summed E-state index contributed by atoms with van der Waals surface area (Å²) >= 11 is 0. The van der Waals surface area contributed by atoms with E-state index in [1.54, 1.807) is 11.8 Å². The average molecular weight is 479 g/mol. The number of aliphatic carboxylic acids is 1. The summed E-state index contributed by atoms with van der Waals surface area (Å²) in [5.74, 6) is -1.10. The molecule has 2 unspecified atom stereocenters. The van der Waals surface area contributed by atoms with E-state index < -0.39 is 17.6 Å². The number of nitrogens with one attached hydrogen (secondary N) is 1. The van der Waals surface area contributed by atoms with Gasteiger partial charge in [0.05, 0.1) is 0 Å². The molecule has 0 radical (unpaired) electrons. The number of amides is 2. The van der Waals surface area contributed by atoms with Gasteiger partial charge < -0.3 is 20.1 Å². The Morgan fingerprint density at radius 2 is 1.69 bits per heavy atom. The maximum Gasteiger partial charge on any atom is 0.408 e. The number of alkyl carbamates (subject to hydrolysis) is 1. The molecule has 1 aliphatic carbocycles. The van der Waals surface area contributed by atoms with E-state index in [1.807, 2.05) is 31.2 Å².